The smallest absolute Gasteiger partial charge is 0.168 e. The van der Waals surface area contributed by atoms with E-state index < -0.39 is 0 Å². The van der Waals surface area contributed by atoms with Gasteiger partial charge >= 0.3 is 0 Å². The second-order valence-corrected chi connectivity index (χ2v) is 4.21. The molecule has 4 heteroatoms. The van der Waals surface area contributed by atoms with E-state index in [1.165, 1.54) is 16.7 Å². The zero-order valence-electron chi connectivity index (χ0n) is 9.86. The second-order valence-electron chi connectivity index (χ2n) is 4.21. The van der Waals surface area contributed by atoms with Crippen LogP contribution in [0.1, 0.15) is 22.4 Å². The molecule has 0 spiro atoms. The quantitative estimate of drug-likeness (QED) is 0.833. The Balaban J connectivity index is 2.30. The zero-order chi connectivity index (χ0) is 11.7. The van der Waals surface area contributed by atoms with E-state index in [0.717, 1.165) is 12.2 Å². The molecule has 0 aliphatic heterocycles. The van der Waals surface area contributed by atoms with Crippen LogP contribution in [0, 0.1) is 20.8 Å². The van der Waals surface area contributed by atoms with E-state index in [0.29, 0.717) is 5.82 Å². The van der Waals surface area contributed by atoms with E-state index in [9.17, 15) is 0 Å². The number of nitrogens with two attached hydrogens (primary N) is 1. The lowest BCUT2D eigenvalue weighted by molar-refractivity contribution is 0.633. The molecule has 1 heterocycles. The van der Waals surface area contributed by atoms with Crippen molar-refractivity contribution >= 4 is 5.82 Å². The first-order valence-corrected chi connectivity index (χ1v) is 5.29. The van der Waals surface area contributed by atoms with Crippen molar-refractivity contribution in [2.24, 2.45) is 0 Å². The van der Waals surface area contributed by atoms with Crippen molar-refractivity contribution in [3.63, 3.8) is 0 Å². The third kappa shape index (κ3) is 2.05. The molecule has 0 unspecified atom stereocenters. The number of nitrogens with zero attached hydrogens (tertiary/aromatic N) is 3. The van der Waals surface area contributed by atoms with E-state index in [2.05, 4.69) is 42.4 Å². The van der Waals surface area contributed by atoms with Crippen molar-refractivity contribution < 1.29 is 0 Å². The lowest BCUT2D eigenvalue weighted by Crippen LogP contribution is -2.05. The molecule has 0 saturated heterocycles. The monoisotopic (exact) mass is 216 g/mol. The van der Waals surface area contributed by atoms with E-state index in [1.54, 1.807) is 0 Å². The van der Waals surface area contributed by atoms with Gasteiger partial charge in [0.15, 0.2) is 5.82 Å². The van der Waals surface area contributed by atoms with Crippen LogP contribution in [0.2, 0.25) is 0 Å². The molecule has 2 rings (SSSR count). The highest BCUT2D eigenvalue weighted by Crippen LogP contribution is 2.12. The van der Waals surface area contributed by atoms with Crippen LogP contribution < -0.4 is 5.73 Å². The molecule has 0 amide bonds. The maximum Gasteiger partial charge on any atom is 0.168 e. The molecule has 0 atom stereocenters. The summed E-state index contributed by atoms with van der Waals surface area (Å²) in [7, 11) is 0. The Bertz CT molecular complexity index is 493. The molecule has 84 valence electrons. The Morgan fingerprint density at radius 3 is 2.25 bits per heavy atom. The molecule has 0 aliphatic rings. The molecule has 0 bridgehead atoms. The fourth-order valence-corrected chi connectivity index (χ4v) is 1.86. The third-order valence-electron chi connectivity index (χ3n) is 2.63. The van der Waals surface area contributed by atoms with Crippen molar-refractivity contribution in [1.29, 1.82) is 0 Å². The third-order valence-corrected chi connectivity index (χ3v) is 2.63. The summed E-state index contributed by atoms with van der Waals surface area (Å²) in [5, 5.41) is 7.86. The molecule has 0 aliphatic carbocycles. The van der Waals surface area contributed by atoms with Crippen LogP contribution in [0.25, 0.3) is 0 Å². The van der Waals surface area contributed by atoms with Gasteiger partial charge in [0, 0.05) is 0 Å². The van der Waals surface area contributed by atoms with Crippen molar-refractivity contribution in [1.82, 2.24) is 15.0 Å². The molecule has 2 N–H and O–H groups in total. The van der Waals surface area contributed by atoms with Crippen LogP contribution >= 0.6 is 0 Å². The average molecular weight is 216 g/mol. The number of aryl methyl sites for hydroxylation is 2. The molecule has 4 nitrogen and oxygen atoms in total. The average Bonchev–Trinajstić information content (AvgIpc) is 2.48. The van der Waals surface area contributed by atoms with Gasteiger partial charge in [-0.25, -0.2) is 4.68 Å². The number of hydrogen-bond acceptors (Lipinski definition) is 3. The largest absolute Gasteiger partial charge is 0.381 e. The van der Waals surface area contributed by atoms with Crippen LogP contribution in [0.15, 0.2) is 18.2 Å². The van der Waals surface area contributed by atoms with Gasteiger partial charge in [-0.1, -0.05) is 34.5 Å². The zero-order valence-corrected chi connectivity index (χ0v) is 9.86. The first-order chi connectivity index (χ1) is 7.56. The summed E-state index contributed by atoms with van der Waals surface area (Å²) in [6.45, 7) is 6.84. The topological polar surface area (TPSA) is 56.7 Å². The molecule has 16 heavy (non-hydrogen) atoms. The summed E-state index contributed by atoms with van der Waals surface area (Å²) in [6.07, 6.45) is 0. The number of anilines is 1. The molecule has 0 radical (unpaired) electrons. The van der Waals surface area contributed by atoms with Crippen LogP contribution in [-0.2, 0) is 6.54 Å². The van der Waals surface area contributed by atoms with E-state index in [-0.39, 0.29) is 0 Å². The molecular weight excluding hydrogens is 200 g/mol. The Morgan fingerprint density at radius 2 is 1.75 bits per heavy atom. The predicted octanol–water partition coefficient (Wildman–Crippen LogP) is 1.83. The lowest BCUT2D eigenvalue weighted by atomic mass is 10.1. The number of nitrogen functional groups attached to an aromatic ring is 1. The van der Waals surface area contributed by atoms with Gasteiger partial charge in [0.1, 0.15) is 0 Å². The predicted molar refractivity (Wildman–Crippen MR) is 64.2 cm³/mol. The van der Waals surface area contributed by atoms with E-state index >= 15 is 0 Å². The van der Waals surface area contributed by atoms with E-state index in [1.807, 2.05) is 11.6 Å². The SMILES string of the molecule is Cc1cc(C)cc(Cn2nnc(N)c2C)c1. The summed E-state index contributed by atoms with van der Waals surface area (Å²) in [6, 6.07) is 6.47. The number of hydrogen-bond donors (Lipinski definition) is 1. The minimum atomic E-state index is 0.504. The molecule has 0 saturated carbocycles. The maximum absolute atomic E-state index is 5.66. The Hall–Kier alpha value is -1.84. The number of aromatic nitrogens is 3. The summed E-state index contributed by atoms with van der Waals surface area (Å²) in [4.78, 5) is 0. The molecule has 1 aromatic carbocycles. The lowest BCUT2D eigenvalue weighted by Gasteiger charge is -2.06. The maximum atomic E-state index is 5.66. The fraction of sp³-hybridized carbons (Fsp3) is 0.333. The number of rotatable bonds is 2. The van der Waals surface area contributed by atoms with Gasteiger partial charge in [-0.3, -0.25) is 0 Å². The van der Waals surface area contributed by atoms with Crippen LogP contribution in [-0.4, -0.2) is 15.0 Å². The summed E-state index contributed by atoms with van der Waals surface area (Å²) < 4.78 is 1.82. The van der Waals surface area contributed by atoms with Gasteiger partial charge in [0.2, 0.25) is 0 Å². The first kappa shape index (κ1) is 10.7. The minimum Gasteiger partial charge on any atom is -0.381 e. The molecular formula is C12H16N4. The highest BCUT2D eigenvalue weighted by Gasteiger charge is 2.05. The Morgan fingerprint density at radius 1 is 1.12 bits per heavy atom. The van der Waals surface area contributed by atoms with Crippen molar-refractivity contribution in [2.75, 3.05) is 5.73 Å². The molecule has 2 aromatic rings. The standard InChI is InChI=1S/C12H16N4/c1-8-4-9(2)6-11(5-8)7-16-10(3)12(13)14-15-16/h4-6H,7,13H2,1-3H3. The van der Waals surface area contributed by atoms with Gasteiger partial charge in [-0.2, -0.15) is 0 Å². The highest BCUT2D eigenvalue weighted by atomic mass is 15.4. The van der Waals surface area contributed by atoms with Crippen molar-refractivity contribution in [3.05, 3.63) is 40.6 Å². The van der Waals surface area contributed by atoms with Crippen LogP contribution in [0.4, 0.5) is 5.82 Å². The summed E-state index contributed by atoms with van der Waals surface area (Å²) in [5.41, 5.74) is 10.3. The van der Waals surface area contributed by atoms with Gasteiger partial charge in [-0.05, 0) is 26.3 Å². The van der Waals surface area contributed by atoms with Gasteiger partial charge in [0.05, 0.1) is 12.2 Å². The van der Waals surface area contributed by atoms with Crippen LogP contribution in [0.3, 0.4) is 0 Å². The Kier molecular flexibility index (Phi) is 2.64. The van der Waals surface area contributed by atoms with E-state index in [4.69, 9.17) is 5.73 Å². The van der Waals surface area contributed by atoms with Crippen molar-refractivity contribution in [3.8, 4) is 0 Å². The van der Waals surface area contributed by atoms with Crippen LogP contribution in [0.5, 0.6) is 0 Å². The van der Waals surface area contributed by atoms with Gasteiger partial charge in [-0.15, -0.1) is 5.10 Å². The summed E-state index contributed by atoms with van der Waals surface area (Å²) >= 11 is 0. The fourth-order valence-electron chi connectivity index (χ4n) is 1.86. The van der Waals surface area contributed by atoms with Crippen molar-refractivity contribution in [2.45, 2.75) is 27.3 Å². The molecule has 0 fully saturated rings. The first-order valence-electron chi connectivity index (χ1n) is 5.29. The summed E-state index contributed by atoms with van der Waals surface area (Å²) in [5.74, 6) is 0.504. The second kappa shape index (κ2) is 3.96. The normalized spacial score (nSPS) is 10.7. The van der Waals surface area contributed by atoms with Gasteiger partial charge < -0.3 is 5.73 Å². The van der Waals surface area contributed by atoms with Gasteiger partial charge in [0.25, 0.3) is 0 Å². The minimum absolute atomic E-state index is 0.504. The molecule has 1 aromatic heterocycles. The number of benzene rings is 1. The Labute approximate surface area is 95.1 Å². The highest BCUT2D eigenvalue weighted by molar-refractivity contribution is 5.33.